The summed E-state index contributed by atoms with van der Waals surface area (Å²) in [5, 5.41) is 6.75. The molecule has 8 heteroatoms. The second kappa shape index (κ2) is 15.9. The summed E-state index contributed by atoms with van der Waals surface area (Å²) in [5.74, 6) is 2.07. The molecule has 0 bridgehead atoms. The second-order valence-corrected chi connectivity index (χ2v) is 12.0. The number of hydrogen-bond donors (Lipinski definition) is 2. The number of alkyl carbamates (subject to hydrolysis) is 1. The fourth-order valence-electron chi connectivity index (χ4n) is 4.44. The lowest BCUT2D eigenvalue weighted by Crippen LogP contribution is -2.50. The molecule has 0 spiro atoms. The van der Waals surface area contributed by atoms with Gasteiger partial charge < -0.3 is 15.4 Å². The Balaban J connectivity index is 1.50. The summed E-state index contributed by atoms with van der Waals surface area (Å²) in [6.07, 6.45) is 7.37. The van der Waals surface area contributed by atoms with Crippen LogP contribution in [-0.2, 0) is 38.8 Å². The van der Waals surface area contributed by atoms with Gasteiger partial charge in [0.1, 0.15) is 12.6 Å². The smallest absolute Gasteiger partial charge is 0.408 e. The first-order valence-electron chi connectivity index (χ1n) is 14.2. The highest BCUT2D eigenvalue weighted by molar-refractivity contribution is 7.94. The molecule has 4 rings (SSSR count). The van der Waals surface area contributed by atoms with Crippen molar-refractivity contribution in [2.75, 3.05) is 0 Å². The van der Waals surface area contributed by atoms with E-state index in [9.17, 15) is 18.0 Å². The molecule has 7 nitrogen and oxygen atoms in total. The maximum Gasteiger partial charge on any atom is 0.408 e. The number of hydrogen-bond acceptors (Lipinski definition) is 5. The van der Waals surface area contributed by atoms with Crippen LogP contribution in [0.5, 0.6) is 0 Å². The molecule has 224 valence electrons. The van der Waals surface area contributed by atoms with E-state index in [4.69, 9.17) is 11.2 Å². The molecule has 2 atom stereocenters. The zero-order valence-electron chi connectivity index (χ0n) is 24.1. The Kier molecular flexibility index (Phi) is 11.5. The predicted molar refractivity (Wildman–Crippen MR) is 171 cm³/mol. The van der Waals surface area contributed by atoms with E-state index in [0.29, 0.717) is 18.4 Å². The summed E-state index contributed by atoms with van der Waals surface area (Å²) in [7, 11) is -3.73. The van der Waals surface area contributed by atoms with E-state index >= 15 is 0 Å². The van der Waals surface area contributed by atoms with Gasteiger partial charge in [-0.2, -0.15) is 0 Å². The number of amides is 2. The Bertz CT molecular complexity index is 1680. The van der Waals surface area contributed by atoms with Crippen molar-refractivity contribution in [1.29, 1.82) is 0 Å². The van der Waals surface area contributed by atoms with E-state index in [1.54, 1.807) is 42.5 Å². The van der Waals surface area contributed by atoms with Gasteiger partial charge in [-0.3, -0.25) is 4.79 Å². The highest BCUT2D eigenvalue weighted by atomic mass is 32.2. The van der Waals surface area contributed by atoms with Crippen molar-refractivity contribution in [1.82, 2.24) is 10.6 Å². The van der Waals surface area contributed by atoms with Crippen LogP contribution in [0.15, 0.2) is 132 Å². The standard InChI is InChI=1S/C36H34N2O5S/c1-2-28-18-20-31(21-19-28)27-43-36(40)38-34(26-30-14-8-4-9-15-30)35(39)37-32(23-22-29-12-6-3-7-13-29)24-25-44(41,42)33-16-10-5-11-17-33/h1,3-21,24-25,32,34H,22-23,26-27H2,(H,37,39)(H,38,40)/b25-24+/t32-,34-/m0/s1. The first-order valence-corrected chi connectivity index (χ1v) is 15.7. The van der Waals surface area contributed by atoms with E-state index in [1.165, 1.54) is 18.2 Å². The Hall–Kier alpha value is -5.13. The van der Waals surface area contributed by atoms with Crippen molar-refractivity contribution >= 4 is 21.8 Å². The van der Waals surface area contributed by atoms with Crippen LogP contribution in [0.1, 0.15) is 28.7 Å². The zero-order valence-corrected chi connectivity index (χ0v) is 25.0. The molecule has 0 unspecified atom stereocenters. The number of aryl methyl sites for hydroxylation is 1. The topological polar surface area (TPSA) is 102 Å². The molecule has 0 saturated carbocycles. The first-order chi connectivity index (χ1) is 21.3. The normalized spacial score (nSPS) is 12.5. The summed E-state index contributed by atoms with van der Waals surface area (Å²) < 4.78 is 31.3. The van der Waals surface area contributed by atoms with E-state index in [-0.39, 0.29) is 17.9 Å². The maximum atomic E-state index is 13.7. The van der Waals surface area contributed by atoms with Gasteiger partial charge in [-0.15, -0.1) is 6.42 Å². The third-order valence-corrected chi connectivity index (χ3v) is 8.30. The summed E-state index contributed by atoms with van der Waals surface area (Å²) in [6.45, 7) is -0.00382. The van der Waals surface area contributed by atoms with Crippen LogP contribution in [0, 0.1) is 12.3 Å². The van der Waals surface area contributed by atoms with Crippen molar-refractivity contribution in [3.05, 3.63) is 149 Å². The number of terminal acetylenes is 1. The second-order valence-electron chi connectivity index (χ2n) is 10.1. The molecular formula is C36H34N2O5S. The minimum Gasteiger partial charge on any atom is -0.445 e. The molecule has 44 heavy (non-hydrogen) atoms. The van der Waals surface area contributed by atoms with E-state index in [0.717, 1.165) is 22.1 Å². The molecule has 0 aliphatic heterocycles. The first kappa shape index (κ1) is 31.8. The molecule has 0 saturated heterocycles. The average molecular weight is 607 g/mol. The van der Waals surface area contributed by atoms with Gasteiger partial charge in [0.2, 0.25) is 5.91 Å². The molecule has 2 N–H and O–H groups in total. The Morgan fingerprint density at radius 3 is 1.98 bits per heavy atom. The lowest BCUT2D eigenvalue weighted by molar-refractivity contribution is -0.123. The van der Waals surface area contributed by atoms with Gasteiger partial charge in [0.25, 0.3) is 0 Å². The summed E-state index contributed by atoms with van der Waals surface area (Å²) in [6, 6.07) is 32.5. The molecule has 4 aromatic rings. The largest absolute Gasteiger partial charge is 0.445 e. The lowest BCUT2D eigenvalue weighted by Gasteiger charge is -2.22. The van der Waals surface area contributed by atoms with E-state index in [1.807, 2.05) is 60.7 Å². The van der Waals surface area contributed by atoms with Gasteiger partial charge in [-0.25, -0.2) is 13.2 Å². The maximum absolute atomic E-state index is 13.7. The van der Waals surface area contributed by atoms with Gasteiger partial charge >= 0.3 is 6.09 Å². The molecule has 0 radical (unpaired) electrons. The van der Waals surface area contributed by atoms with Gasteiger partial charge in [0, 0.05) is 23.4 Å². The van der Waals surface area contributed by atoms with Crippen molar-refractivity contribution < 1.29 is 22.7 Å². The molecule has 0 aromatic heterocycles. The van der Waals surface area contributed by atoms with Crippen molar-refractivity contribution in [3.8, 4) is 12.3 Å². The fraction of sp³-hybridized carbons (Fsp3) is 0.167. The SMILES string of the molecule is C#Cc1ccc(COC(=O)N[C@@H](Cc2ccccc2)C(=O)N[C@H](/C=C/S(=O)(=O)c2ccccc2)CCc2ccccc2)cc1. The summed E-state index contributed by atoms with van der Waals surface area (Å²) >= 11 is 0. The number of benzene rings is 4. The third-order valence-electron chi connectivity index (χ3n) is 6.86. The molecule has 4 aromatic carbocycles. The van der Waals surface area contributed by atoms with E-state index < -0.39 is 33.9 Å². The molecule has 0 fully saturated rings. The van der Waals surface area contributed by atoms with Crippen LogP contribution in [0.2, 0.25) is 0 Å². The Labute approximate surface area is 258 Å². The number of rotatable bonds is 13. The van der Waals surface area contributed by atoms with Crippen LogP contribution in [-0.4, -0.2) is 32.5 Å². The van der Waals surface area contributed by atoms with Crippen molar-refractivity contribution in [2.24, 2.45) is 0 Å². The molecule has 0 aliphatic rings. The van der Waals surface area contributed by atoms with Crippen LogP contribution in [0.4, 0.5) is 4.79 Å². The van der Waals surface area contributed by atoms with Gasteiger partial charge in [-0.1, -0.05) is 103 Å². The lowest BCUT2D eigenvalue weighted by atomic mass is 10.0. The monoisotopic (exact) mass is 606 g/mol. The summed E-state index contributed by atoms with van der Waals surface area (Å²) in [4.78, 5) is 26.6. The van der Waals surface area contributed by atoms with Crippen molar-refractivity contribution in [3.63, 3.8) is 0 Å². The highest BCUT2D eigenvalue weighted by Gasteiger charge is 2.24. The molecule has 2 amide bonds. The number of carbonyl (C=O) groups is 2. The number of sulfone groups is 1. The van der Waals surface area contributed by atoms with Gasteiger partial charge in [0.05, 0.1) is 4.90 Å². The minimum absolute atomic E-state index is 0.00382. The minimum atomic E-state index is -3.73. The summed E-state index contributed by atoms with van der Waals surface area (Å²) in [5.41, 5.74) is 3.34. The Morgan fingerprint density at radius 2 is 1.36 bits per heavy atom. The predicted octanol–water partition coefficient (Wildman–Crippen LogP) is 5.61. The van der Waals surface area contributed by atoms with E-state index in [2.05, 4.69) is 16.6 Å². The zero-order chi connectivity index (χ0) is 31.2. The van der Waals surface area contributed by atoms with Gasteiger partial charge in [-0.05, 0) is 53.8 Å². The van der Waals surface area contributed by atoms with Gasteiger partial charge in [0.15, 0.2) is 9.84 Å². The van der Waals surface area contributed by atoms with Crippen LogP contribution in [0.25, 0.3) is 0 Å². The average Bonchev–Trinajstić information content (AvgIpc) is 3.06. The fourth-order valence-corrected chi connectivity index (χ4v) is 5.53. The molecule has 0 aliphatic carbocycles. The van der Waals surface area contributed by atoms with Crippen LogP contribution in [0.3, 0.4) is 0 Å². The third kappa shape index (κ3) is 10.0. The Morgan fingerprint density at radius 1 is 0.773 bits per heavy atom. The van der Waals surface area contributed by atoms with Crippen molar-refractivity contribution in [2.45, 2.75) is 42.8 Å². The highest BCUT2D eigenvalue weighted by Crippen LogP contribution is 2.14. The quantitative estimate of drug-likeness (QED) is 0.193. The molecular weight excluding hydrogens is 572 g/mol. The number of carbonyl (C=O) groups excluding carboxylic acids is 2. The van der Waals surface area contributed by atoms with Crippen LogP contribution >= 0.6 is 0 Å². The number of ether oxygens (including phenoxy) is 1. The number of nitrogens with one attached hydrogen (secondary N) is 2. The molecule has 0 heterocycles. The van der Waals surface area contributed by atoms with Crippen LogP contribution < -0.4 is 10.6 Å².